The lowest BCUT2D eigenvalue weighted by Gasteiger charge is -2.19. The molecule has 1 rings (SSSR count). The summed E-state index contributed by atoms with van der Waals surface area (Å²) in [6, 6.07) is 0. The van der Waals surface area contributed by atoms with Gasteiger partial charge in [-0.1, -0.05) is 19.3 Å². The van der Waals surface area contributed by atoms with E-state index in [1.54, 1.807) is 0 Å². The van der Waals surface area contributed by atoms with Gasteiger partial charge in [-0.05, 0) is 12.8 Å². The van der Waals surface area contributed by atoms with Crippen molar-refractivity contribution in [2.24, 2.45) is 5.92 Å². The predicted octanol–water partition coefficient (Wildman–Crippen LogP) is 0.376. The van der Waals surface area contributed by atoms with E-state index in [1.807, 2.05) is 0 Å². The second-order valence-corrected chi connectivity index (χ2v) is 5.85. The summed E-state index contributed by atoms with van der Waals surface area (Å²) in [6.45, 7) is -0.703. The number of esters is 1. The Kier molecular flexibility index (Phi) is 8.24. The van der Waals surface area contributed by atoms with E-state index in [0.29, 0.717) is 0 Å². The molecule has 0 aliphatic heterocycles. The van der Waals surface area contributed by atoms with Gasteiger partial charge in [0.05, 0.1) is 17.8 Å². The summed E-state index contributed by atoms with van der Waals surface area (Å²) < 4.78 is 28.4. The third-order valence-corrected chi connectivity index (χ3v) is 3.82. The number of hydrogen-bond donors (Lipinski definition) is 3. The molecule has 2 atom stereocenters. The van der Waals surface area contributed by atoms with Crippen molar-refractivity contribution in [1.82, 2.24) is 5.32 Å². The van der Waals surface area contributed by atoms with E-state index >= 15 is 0 Å². The normalized spacial score (nSPS) is 18.6. The Bertz CT molecular complexity index is 371. The van der Waals surface area contributed by atoms with Crippen molar-refractivity contribution in [3.63, 3.8) is 0 Å². The molecular weight excluding hydrogens is 302 g/mol. The fourth-order valence-corrected chi connectivity index (χ4v) is 2.52. The van der Waals surface area contributed by atoms with Crippen LogP contribution in [0.25, 0.3) is 0 Å². The van der Waals surface area contributed by atoms with Gasteiger partial charge >= 0.3 is 12.1 Å². The lowest BCUT2D eigenvalue weighted by Crippen LogP contribution is -2.35. The first kappa shape index (κ1) is 17.9. The highest BCUT2D eigenvalue weighted by Crippen LogP contribution is 2.24. The van der Waals surface area contributed by atoms with Crippen LogP contribution in [0.15, 0.2) is 0 Å². The van der Waals surface area contributed by atoms with Crippen LogP contribution in [-0.2, 0) is 25.3 Å². The number of carbonyl (C=O) groups is 2. The number of nitrogens with one attached hydrogen (secondary N) is 1. The molecule has 0 aromatic heterocycles. The Balaban J connectivity index is 2.09. The van der Waals surface area contributed by atoms with E-state index in [2.05, 4.69) is 10.1 Å². The molecular formula is C12H21NO7S. The van der Waals surface area contributed by atoms with Gasteiger partial charge in [-0.15, -0.1) is 0 Å². The molecule has 0 aromatic carbocycles. The van der Waals surface area contributed by atoms with Gasteiger partial charge in [-0.3, -0.25) is 4.79 Å². The molecule has 0 aromatic rings. The summed E-state index contributed by atoms with van der Waals surface area (Å²) in [5.74, 6) is -0.846. The fourth-order valence-electron chi connectivity index (χ4n) is 2.07. The van der Waals surface area contributed by atoms with Gasteiger partial charge in [0.2, 0.25) is 6.79 Å². The van der Waals surface area contributed by atoms with Crippen LogP contribution in [0.4, 0.5) is 4.79 Å². The highest BCUT2D eigenvalue weighted by molar-refractivity contribution is 7.79. The molecule has 1 aliphatic rings. The molecule has 1 amide bonds. The van der Waals surface area contributed by atoms with E-state index in [0.717, 1.165) is 32.1 Å². The summed E-state index contributed by atoms with van der Waals surface area (Å²) >= 11 is -2.14. The largest absolute Gasteiger partial charge is 0.428 e. The van der Waals surface area contributed by atoms with Crippen LogP contribution < -0.4 is 5.32 Å². The monoisotopic (exact) mass is 323 g/mol. The van der Waals surface area contributed by atoms with Crippen LogP contribution in [0.3, 0.4) is 0 Å². The summed E-state index contributed by atoms with van der Waals surface area (Å²) in [6.07, 6.45) is 2.73. The zero-order chi connectivity index (χ0) is 15.7. The van der Waals surface area contributed by atoms with E-state index in [1.165, 1.54) is 0 Å². The van der Waals surface area contributed by atoms with E-state index in [4.69, 9.17) is 9.29 Å². The average molecular weight is 323 g/mol. The minimum atomic E-state index is -2.14. The van der Waals surface area contributed by atoms with Gasteiger partial charge in [-0.2, -0.15) is 0 Å². The number of aliphatic hydroxyl groups is 1. The highest BCUT2D eigenvalue weighted by Gasteiger charge is 2.22. The molecule has 0 spiro atoms. The Morgan fingerprint density at radius 3 is 2.52 bits per heavy atom. The number of hydrogen-bond acceptors (Lipinski definition) is 6. The van der Waals surface area contributed by atoms with Gasteiger partial charge in [0.25, 0.3) is 0 Å². The average Bonchev–Trinajstić information content (AvgIpc) is 2.45. The van der Waals surface area contributed by atoms with Crippen molar-refractivity contribution in [3.05, 3.63) is 0 Å². The van der Waals surface area contributed by atoms with Crippen LogP contribution in [0.2, 0.25) is 0 Å². The van der Waals surface area contributed by atoms with Crippen molar-refractivity contribution < 1.29 is 32.9 Å². The molecule has 0 heterocycles. The maximum absolute atomic E-state index is 11.6. The van der Waals surface area contributed by atoms with Crippen molar-refractivity contribution >= 4 is 23.1 Å². The van der Waals surface area contributed by atoms with Gasteiger partial charge in [0.1, 0.15) is 0 Å². The molecule has 0 radical (unpaired) electrons. The minimum absolute atomic E-state index is 0.119. The van der Waals surface area contributed by atoms with Crippen molar-refractivity contribution in [2.45, 2.75) is 38.2 Å². The molecule has 8 nitrogen and oxygen atoms in total. The zero-order valence-corrected chi connectivity index (χ0v) is 12.5. The first-order valence-electron chi connectivity index (χ1n) is 6.82. The maximum atomic E-state index is 11.6. The molecule has 1 saturated carbocycles. The van der Waals surface area contributed by atoms with Gasteiger partial charge in [0.15, 0.2) is 11.1 Å². The van der Waals surface area contributed by atoms with Crippen LogP contribution in [0.1, 0.15) is 32.1 Å². The molecule has 9 heteroatoms. The van der Waals surface area contributed by atoms with E-state index < -0.39 is 30.1 Å². The lowest BCUT2D eigenvalue weighted by atomic mass is 9.89. The van der Waals surface area contributed by atoms with Gasteiger partial charge < -0.3 is 24.4 Å². The summed E-state index contributed by atoms with van der Waals surface area (Å²) in [5, 5.41) is 11.4. The first-order chi connectivity index (χ1) is 9.99. The van der Waals surface area contributed by atoms with E-state index in [9.17, 15) is 18.9 Å². The van der Waals surface area contributed by atoms with E-state index in [-0.39, 0.29) is 24.2 Å². The molecule has 21 heavy (non-hydrogen) atoms. The van der Waals surface area contributed by atoms with Crippen molar-refractivity contribution in [1.29, 1.82) is 0 Å². The number of amides is 1. The first-order valence-corrected chi connectivity index (χ1v) is 8.09. The number of aliphatic hydroxyl groups excluding tert-OH is 1. The smallest absolute Gasteiger partial charge is 0.410 e. The Morgan fingerprint density at radius 1 is 1.24 bits per heavy atom. The predicted molar refractivity (Wildman–Crippen MR) is 73.7 cm³/mol. The molecule has 3 N–H and O–H groups in total. The third kappa shape index (κ3) is 7.98. The van der Waals surface area contributed by atoms with Crippen molar-refractivity contribution in [2.75, 3.05) is 19.1 Å². The molecule has 122 valence electrons. The Morgan fingerprint density at radius 2 is 1.90 bits per heavy atom. The van der Waals surface area contributed by atoms with Crippen LogP contribution >= 0.6 is 0 Å². The standard InChI is InChI=1S/C12H21NO7S/c14-10(7-21(17)18)6-13-12(16)20-8-19-11(15)9-4-2-1-3-5-9/h9-10,14H,1-8H2,(H,13,16)(H,17,18)/t10-/m0/s1. The summed E-state index contributed by atoms with van der Waals surface area (Å²) in [4.78, 5) is 22.8. The molecule has 1 aliphatic carbocycles. The number of rotatable bonds is 7. The Hall–Kier alpha value is -1.19. The van der Waals surface area contributed by atoms with Crippen LogP contribution in [0.5, 0.6) is 0 Å². The zero-order valence-electron chi connectivity index (χ0n) is 11.7. The maximum Gasteiger partial charge on any atom is 0.410 e. The molecule has 0 bridgehead atoms. The Labute approximate surface area is 125 Å². The van der Waals surface area contributed by atoms with Crippen molar-refractivity contribution in [3.8, 4) is 0 Å². The fraction of sp³-hybridized carbons (Fsp3) is 0.833. The second-order valence-electron chi connectivity index (χ2n) is 4.87. The van der Waals surface area contributed by atoms with Crippen LogP contribution in [0, 0.1) is 5.92 Å². The highest BCUT2D eigenvalue weighted by atomic mass is 32.2. The quantitative estimate of drug-likeness (QED) is 0.351. The molecule has 1 fully saturated rings. The molecule has 1 unspecified atom stereocenters. The SMILES string of the molecule is O=C(NC[C@H](O)CS(=O)O)OCOC(=O)C1CCCCC1. The summed E-state index contributed by atoms with van der Waals surface area (Å²) in [7, 11) is 0. The number of ether oxygens (including phenoxy) is 2. The second kappa shape index (κ2) is 9.69. The topological polar surface area (TPSA) is 122 Å². The third-order valence-electron chi connectivity index (χ3n) is 3.15. The molecule has 0 saturated heterocycles. The van der Waals surface area contributed by atoms with Crippen LogP contribution in [-0.4, -0.2) is 51.1 Å². The minimum Gasteiger partial charge on any atom is -0.428 e. The lowest BCUT2D eigenvalue weighted by molar-refractivity contribution is -0.158. The summed E-state index contributed by atoms with van der Waals surface area (Å²) in [5.41, 5.74) is 0. The van der Waals surface area contributed by atoms with Gasteiger partial charge in [0, 0.05) is 6.54 Å². The van der Waals surface area contributed by atoms with Gasteiger partial charge in [-0.25, -0.2) is 9.00 Å². The number of carbonyl (C=O) groups excluding carboxylic acids is 2. The number of alkyl carbamates (subject to hydrolysis) is 1.